The first-order chi connectivity index (χ1) is 68.2. The number of aromatic hydroxyl groups is 1. The molecule has 0 bridgehead atoms. The van der Waals surface area contributed by atoms with E-state index in [0.29, 0.717) is 96.5 Å². The molecule has 0 aromatic carbocycles. The van der Waals surface area contributed by atoms with Crippen LogP contribution in [0.3, 0.4) is 0 Å². The first-order valence-corrected chi connectivity index (χ1v) is 46.6. The molecule has 0 radical (unpaired) electrons. The first kappa shape index (κ1) is 120. The van der Waals surface area contributed by atoms with Gasteiger partial charge in [0, 0.05) is 34.6 Å². The van der Waals surface area contributed by atoms with Gasteiger partial charge in [0.2, 0.25) is 17.6 Å². The van der Waals surface area contributed by atoms with Crippen LogP contribution >= 0.6 is 46.4 Å². The molecule has 0 fully saturated rings. The summed E-state index contributed by atoms with van der Waals surface area (Å²) in [5.74, 6) is -1.73. The Morgan fingerprint density at radius 2 is 0.830 bits per heavy atom. The number of imide groups is 2. The van der Waals surface area contributed by atoms with Gasteiger partial charge in [-0.1, -0.05) is 46.4 Å². The van der Waals surface area contributed by atoms with Crippen molar-refractivity contribution in [3.8, 4) is 17.6 Å². The van der Waals surface area contributed by atoms with E-state index in [1.165, 1.54) is 96.8 Å². The molecule has 13 heterocycles. The van der Waals surface area contributed by atoms with Gasteiger partial charge in [-0.3, -0.25) is 38.7 Å². The number of Topliss-reactive ketones (excluding diaryl/α,β-unsaturated/α-hetero) is 5. The topological polar surface area (TPSA) is 630 Å². The highest BCUT2D eigenvalue weighted by Crippen LogP contribution is 2.37. The molecule has 13 aromatic heterocycles. The van der Waals surface area contributed by atoms with E-state index in [2.05, 4.69) is 85.4 Å². The van der Waals surface area contributed by atoms with Crippen molar-refractivity contribution in [1.82, 2.24) is 93.2 Å². The predicted octanol–water partition coefficient (Wildman–Crippen LogP) is 17.0. The summed E-state index contributed by atoms with van der Waals surface area (Å²) in [6.07, 6.45) is 7.32. The van der Waals surface area contributed by atoms with E-state index in [-0.39, 0.29) is 138 Å². The third kappa shape index (κ3) is 32.2. The third-order valence-corrected chi connectivity index (χ3v) is 20.4. The van der Waals surface area contributed by atoms with Crippen molar-refractivity contribution < 1.29 is 105 Å². The lowest BCUT2D eigenvalue weighted by Gasteiger charge is -2.29. The maximum atomic E-state index is 13.6. The molecule has 10 N–H and O–H groups in total. The van der Waals surface area contributed by atoms with Crippen molar-refractivity contribution in [2.45, 2.75) is 242 Å². The second-order valence-electron chi connectivity index (χ2n) is 36.1. The van der Waals surface area contributed by atoms with Gasteiger partial charge in [0.1, 0.15) is 89.0 Å². The minimum Gasteiger partial charge on any atom is -0.493 e. The fourth-order valence-electron chi connectivity index (χ4n) is 11.7. The fourth-order valence-corrected chi connectivity index (χ4v) is 12.5. The molecular weight excluding hydrogens is 2000 g/mol. The number of aromatic nitrogens is 19. The van der Waals surface area contributed by atoms with Crippen molar-refractivity contribution in [3.63, 3.8) is 0 Å². The van der Waals surface area contributed by atoms with E-state index in [4.69, 9.17) is 96.8 Å². The van der Waals surface area contributed by atoms with Crippen molar-refractivity contribution in [2.24, 2.45) is 5.92 Å². The van der Waals surface area contributed by atoms with Gasteiger partial charge in [-0.2, -0.15) is 58.5 Å². The van der Waals surface area contributed by atoms with Gasteiger partial charge in [0.25, 0.3) is 5.56 Å². The molecule has 1 unspecified atom stereocenters. The molecular formula is C95H121Cl4N25O23. The van der Waals surface area contributed by atoms with E-state index >= 15 is 0 Å². The molecule has 13 rings (SSSR count). The Balaban J connectivity index is 0.000000272. The summed E-state index contributed by atoms with van der Waals surface area (Å²) in [7, 11) is 0. The zero-order valence-electron chi connectivity index (χ0n) is 87.0. The number of aromatic amines is 2. The molecule has 52 heteroatoms. The molecule has 48 nitrogen and oxygen atoms in total. The van der Waals surface area contributed by atoms with Crippen LogP contribution in [0.5, 0.6) is 17.6 Å². The van der Waals surface area contributed by atoms with Crippen LogP contribution in [0.4, 0.5) is 59.6 Å². The Bertz CT molecular complexity index is 6960. The number of carbonyl (C=O) groups is 12. The van der Waals surface area contributed by atoms with Crippen LogP contribution in [-0.4, -0.2) is 224 Å². The summed E-state index contributed by atoms with van der Waals surface area (Å²) in [6, 6.07) is 6.99. The van der Waals surface area contributed by atoms with Gasteiger partial charge < -0.3 is 75.2 Å². The number of ketones is 5. The van der Waals surface area contributed by atoms with Gasteiger partial charge in [0.05, 0.1) is 103 Å². The van der Waals surface area contributed by atoms with Gasteiger partial charge in [-0.15, -0.1) is 0 Å². The summed E-state index contributed by atoms with van der Waals surface area (Å²) in [6.45, 7) is 50.3. The number of rotatable bonds is 19. The maximum Gasteiger partial charge on any atom is 0.425 e. The predicted molar refractivity (Wildman–Crippen MR) is 547 cm³/mol. The van der Waals surface area contributed by atoms with E-state index in [1.807, 2.05) is 27.7 Å². The number of ether oxygens (including phenoxy) is 9. The fraction of sp³-hybridized carbons (Fsp3) is 0.421. The number of fused-ring (bicyclic) bond motifs is 5. The highest BCUT2D eigenvalue weighted by Gasteiger charge is 2.40. The Morgan fingerprint density at radius 1 is 0.456 bits per heavy atom. The number of esters is 3. The number of nitrogen functional groups attached to an aromatic ring is 3. The quantitative estimate of drug-likeness (QED) is 0.0130. The Kier molecular flexibility index (Phi) is 41.9. The molecule has 147 heavy (non-hydrogen) atoms. The summed E-state index contributed by atoms with van der Waals surface area (Å²) >= 11 is 24.0. The molecule has 0 aliphatic rings. The van der Waals surface area contributed by atoms with Crippen molar-refractivity contribution in [2.75, 3.05) is 52.1 Å². The van der Waals surface area contributed by atoms with Gasteiger partial charge in [-0.05, 0) is 232 Å². The SMILES string of the molecule is CC(=O)c1cnn2c(Cl)c(C)c(Cl)nc12.CC(=O)c1cnn2c(N(C(=O)OC(C)(C)C)C(=O)OC(C)(C)C)c(C)c(Cl)nc12.CC(=O)c1cnn2c(N)c(C)c(Cl)nc12.CC(=O)c1cnn2c(O)c(C)c(=O)[nH]c12.CC(C)Oc1ncccc1N.CCOC(=O)C(C)C(C)=O.CCOC(=O)c1cn[nH]c1N.CCOC(=O)c1cnn2c(N(C(=O)OC(C)(C)C)C(=O)OC(C)(C)C)c(C)c(Nc3cccnc3OC(C)C)nc12. The molecule has 0 aliphatic carbocycles. The maximum absolute atomic E-state index is 13.6. The Hall–Kier alpha value is -15.6. The number of pyridine rings is 2. The minimum absolute atomic E-state index is 0.00705. The molecule has 0 saturated carbocycles. The van der Waals surface area contributed by atoms with Crippen molar-refractivity contribution in [3.05, 3.63) is 166 Å². The lowest BCUT2D eigenvalue weighted by Crippen LogP contribution is -2.45. The van der Waals surface area contributed by atoms with Crippen LogP contribution in [0.25, 0.3) is 28.2 Å². The standard InChI is InChI=1S/C28H38N6O7.C19H25ClN4O5.C9H7Cl2N3O.C9H9ClN4O.C9H9N3O3.C8H12N2O.C7H12O3.C6H9N3O2/c1-11-38-24(35)18-15-30-34-21(18)32-20(31-19-13-12-14-29-22(19)39-16(2)3)17(4)23(34)33(25(36)40-27(5,6)7)26(37)41-28(8,9)10;1-10-13(20)22-14-12(11(2)25)9-21-24(14)15(10)23(16(26)28-18(3,4)5)17(27)29-19(6,7)8;2*1-4-7(10)13-9-6(5(2)15)3-12-14(9)8(4)11;1-4-8(14)11-7-6(5(2)13)3-10-12(7)9(4)15;1-6(2)11-8-7(9)4-3-5-10-8;1-4-10-7(9)5(2)6(3)8;1-2-11-6(10)4-3-8-9-5(4)7/h12-16H,11H2,1-10H3,(H,31,32);9H,1-8H3;3H,1-2H3;3H,11H2,1-2H3;3,15H,1-2H3,(H,11,14);3-6H,9H2,1-2H3;5H,4H2,1-3H3;3H,2H2,1H3,(H3,7,8,9). The lowest BCUT2D eigenvalue weighted by atomic mass is 10.1. The minimum atomic E-state index is -1.01. The van der Waals surface area contributed by atoms with Crippen molar-refractivity contribution in [1.29, 1.82) is 0 Å². The highest BCUT2D eigenvalue weighted by molar-refractivity contribution is 6.35. The number of anilines is 7. The normalized spacial score (nSPS) is 11.3. The average molecular weight is 2120 g/mol. The number of H-pyrrole nitrogens is 2. The molecule has 0 spiro atoms. The summed E-state index contributed by atoms with van der Waals surface area (Å²) in [5.41, 5.74) is 18.5. The van der Waals surface area contributed by atoms with Crippen LogP contribution in [0.15, 0.2) is 78.6 Å². The Labute approximate surface area is 864 Å². The summed E-state index contributed by atoms with van der Waals surface area (Å²) in [5, 5.41) is 40.0. The van der Waals surface area contributed by atoms with Crippen molar-refractivity contribution >= 4 is 186 Å². The molecule has 1 atom stereocenters. The number of nitrogens with one attached hydrogen (secondary N) is 3. The second kappa shape index (κ2) is 51.3. The number of nitrogens with two attached hydrogens (primary N) is 3. The Morgan fingerprint density at radius 3 is 1.25 bits per heavy atom. The van der Waals surface area contributed by atoms with Crippen LogP contribution < -0.4 is 47.4 Å². The zero-order chi connectivity index (χ0) is 111. The molecule has 792 valence electrons. The lowest BCUT2D eigenvalue weighted by molar-refractivity contribution is -0.150. The third-order valence-electron chi connectivity index (χ3n) is 18.8. The van der Waals surface area contributed by atoms with Gasteiger partial charge >= 0.3 is 42.3 Å². The summed E-state index contributed by atoms with van der Waals surface area (Å²) < 4.78 is 54.0. The van der Waals surface area contributed by atoms with Gasteiger partial charge in [0.15, 0.2) is 63.0 Å². The summed E-state index contributed by atoms with van der Waals surface area (Å²) in [4.78, 5) is 184. The van der Waals surface area contributed by atoms with E-state index < -0.39 is 76.2 Å². The second-order valence-corrected chi connectivity index (χ2v) is 37.6. The molecule has 0 saturated heterocycles. The van der Waals surface area contributed by atoms with Crippen LogP contribution in [-0.2, 0) is 42.7 Å². The number of amides is 4. The monoisotopic (exact) mass is 2120 g/mol. The molecule has 4 amide bonds. The molecule has 13 aromatic rings. The van der Waals surface area contributed by atoms with Crippen LogP contribution in [0.1, 0.15) is 263 Å². The first-order valence-electron chi connectivity index (χ1n) is 45.1. The zero-order valence-corrected chi connectivity index (χ0v) is 90.0. The number of carbonyl (C=O) groups excluding carboxylic acids is 12. The van der Waals surface area contributed by atoms with Gasteiger partial charge in [-0.25, -0.2) is 63.2 Å². The number of halogens is 4. The van der Waals surface area contributed by atoms with E-state index in [1.54, 1.807) is 175 Å². The highest BCUT2D eigenvalue weighted by atomic mass is 35.5. The number of hydrogen-bond acceptors (Lipinski definition) is 39. The van der Waals surface area contributed by atoms with E-state index in [0.717, 1.165) is 9.42 Å². The smallest absolute Gasteiger partial charge is 0.425 e. The average Bonchev–Trinajstić information content (AvgIpc) is 1.62. The number of nitrogens with zero attached hydrogens (tertiary/aromatic N) is 19. The van der Waals surface area contributed by atoms with E-state index in [9.17, 15) is 67.4 Å². The van der Waals surface area contributed by atoms with Crippen LogP contribution in [0, 0.1) is 40.5 Å². The molecule has 0 aliphatic heterocycles. The number of hydrogen-bond donors (Lipinski definition) is 7. The van der Waals surface area contributed by atoms with Crippen LogP contribution in [0.2, 0.25) is 20.6 Å². The largest absolute Gasteiger partial charge is 0.493 e.